The Balaban J connectivity index is 1.57. The Labute approximate surface area is 197 Å². The summed E-state index contributed by atoms with van der Waals surface area (Å²) in [6, 6.07) is 19.8. The van der Waals surface area contributed by atoms with Gasteiger partial charge >= 0.3 is 0 Å². The molecule has 0 spiro atoms. The van der Waals surface area contributed by atoms with E-state index in [9.17, 15) is 14.4 Å². The molecule has 2 amide bonds. The van der Waals surface area contributed by atoms with Gasteiger partial charge in [-0.1, -0.05) is 48.5 Å². The zero-order valence-electron chi connectivity index (χ0n) is 19.1. The van der Waals surface area contributed by atoms with Crippen LogP contribution in [0.2, 0.25) is 0 Å². The fraction of sp³-hybridized carbons (Fsp3) is 0.222. The summed E-state index contributed by atoms with van der Waals surface area (Å²) >= 11 is 0. The molecule has 0 unspecified atom stereocenters. The second-order valence-corrected chi connectivity index (χ2v) is 8.13. The van der Waals surface area contributed by atoms with Crippen LogP contribution >= 0.6 is 0 Å². The minimum atomic E-state index is -0.788. The summed E-state index contributed by atoms with van der Waals surface area (Å²) in [4.78, 5) is 41.8. The van der Waals surface area contributed by atoms with Gasteiger partial charge in [-0.05, 0) is 36.6 Å². The summed E-state index contributed by atoms with van der Waals surface area (Å²) in [5.74, 6) is -0.553. The molecule has 4 aromatic rings. The number of para-hydroxylation sites is 1. The molecule has 0 bridgehead atoms. The monoisotopic (exact) mass is 456 g/mol. The number of carbonyl (C=O) groups excluding carboxylic acids is 2. The first-order valence-electron chi connectivity index (χ1n) is 11.4. The number of pyridine rings is 1. The van der Waals surface area contributed by atoms with Crippen LogP contribution in [0.25, 0.3) is 10.9 Å². The summed E-state index contributed by atoms with van der Waals surface area (Å²) < 4.78 is 1.36. The number of aromatic amines is 1. The zero-order chi connectivity index (χ0) is 23.9. The van der Waals surface area contributed by atoms with Crippen molar-refractivity contribution in [2.24, 2.45) is 0 Å². The summed E-state index contributed by atoms with van der Waals surface area (Å²) in [7, 11) is 0. The summed E-state index contributed by atoms with van der Waals surface area (Å²) in [5, 5.41) is 6.72. The van der Waals surface area contributed by atoms with Crippen LogP contribution in [-0.4, -0.2) is 34.5 Å². The Hall–Kier alpha value is -4.13. The van der Waals surface area contributed by atoms with Gasteiger partial charge in [0.1, 0.15) is 6.04 Å². The fourth-order valence-corrected chi connectivity index (χ4v) is 4.07. The molecule has 0 saturated heterocycles. The highest BCUT2D eigenvalue weighted by Crippen LogP contribution is 2.23. The lowest BCUT2D eigenvalue weighted by Gasteiger charge is -2.20. The van der Waals surface area contributed by atoms with Gasteiger partial charge in [-0.15, -0.1) is 0 Å². The number of likely N-dealkylation sites (N-methyl/N-ethyl adjacent to an activating group) is 1. The van der Waals surface area contributed by atoms with Crippen LogP contribution in [0, 0.1) is 0 Å². The maximum atomic E-state index is 13.0. The van der Waals surface area contributed by atoms with E-state index >= 15 is 0 Å². The van der Waals surface area contributed by atoms with Crippen molar-refractivity contribution in [3.63, 3.8) is 0 Å². The maximum Gasteiger partial charge on any atom is 0.252 e. The number of aromatic nitrogens is 2. The number of H-pyrrole nitrogens is 1. The van der Waals surface area contributed by atoms with E-state index in [0.717, 1.165) is 22.0 Å². The molecule has 0 radical (unpaired) electrons. The minimum Gasteiger partial charge on any atom is -0.361 e. The smallest absolute Gasteiger partial charge is 0.252 e. The molecule has 7 nitrogen and oxygen atoms in total. The van der Waals surface area contributed by atoms with E-state index in [4.69, 9.17) is 0 Å². The number of nitrogens with one attached hydrogen (secondary N) is 3. The molecule has 174 valence electrons. The summed E-state index contributed by atoms with van der Waals surface area (Å²) in [6.45, 7) is 2.74. The number of benzene rings is 2. The lowest BCUT2D eigenvalue weighted by molar-refractivity contribution is -0.124. The number of hydrogen-bond donors (Lipinski definition) is 3. The van der Waals surface area contributed by atoms with Gasteiger partial charge < -0.3 is 20.2 Å². The molecule has 2 aromatic heterocycles. The van der Waals surface area contributed by atoms with E-state index in [1.807, 2.05) is 67.7 Å². The van der Waals surface area contributed by atoms with Gasteiger partial charge in [0.25, 0.3) is 11.5 Å². The number of rotatable bonds is 9. The molecule has 0 aliphatic carbocycles. The molecule has 0 aliphatic rings. The molecule has 2 aromatic carbocycles. The molecule has 7 heteroatoms. The van der Waals surface area contributed by atoms with Crippen LogP contribution in [0.1, 0.15) is 34.5 Å². The highest BCUT2D eigenvalue weighted by Gasteiger charge is 2.24. The van der Waals surface area contributed by atoms with Crippen molar-refractivity contribution in [2.45, 2.75) is 25.8 Å². The van der Waals surface area contributed by atoms with Gasteiger partial charge in [-0.2, -0.15) is 0 Å². The molecule has 2 heterocycles. The predicted molar refractivity (Wildman–Crippen MR) is 133 cm³/mol. The van der Waals surface area contributed by atoms with E-state index in [0.29, 0.717) is 31.5 Å². The number of fused-ring (bicyclic) bond motifs is 1. The molecule has 34 heavy (non-hydrogen) atoms. The molecular formula is C27H28N4O3. The highest BCUT2D eigenvalue weighted by molar-refractivity contribution is 5.94. The second-order valence-electron chi connectivity index (χ2n) is 8.13. The summed E-state index contributed by atoms with van der Waals surface area (Å²) in [5.41, 5.74) is 3.02. The van der Waals surface area contributed by atoms with Gasteiger partial charge in [-0.25, -0.2) is 0 Å². The lowest BCUT2D eigenvalue weighted by Crippen LogP contribution is -2.38. The largest absolute Gasteiger partial charge is 0.361 e. The van der Waals surface area contributed by atoms with Crippen LogP contribution in [-0.2, 0) is 17.6 Å². The Kier molecular flexibility index (Phi) is 7.22. The predicted octanol–water partition coefficient (Wildman–Crippen LogP) is 3.22. The maximum absolute atomic E-state index is 13.0. The molecule has 4 rings (SSSR count). The molecule has 0 aliphatic heterocycles. The summed E-state index contributed by atoms with van der Waals surface area (Å²) in [6.07, 6.45) is 4.36. The van der Waals surface area contributed by atoms with Crippen LogP contribution in [0.5, 0.6) is 0 Å². The number of nitrogens with zero attached hydrogens (tertiary/aromatic N) is 1. The number of hydrogen-bond acceptors (Lipinski definition) is 3. The van der Waals surface area contributed by atoms with E-state index in [-0.39, 0.29) is 17.4 Å². The Bertz CT molecular complexity index is 1340. The molecule has 1 atom stereocenters. The zero-order valence-corrected chi connectivity index (χ0v) is 19.1. The van der Waals surface area contributed by atoms with Crippen molar-refractivity contribution >= 4 is 22.7 Å². The van der Waals surface area contributed by atoms with E-state index < -0.39 is 6.04 Å². The van der Waals surface area contributed by atoms with Crippen molar-refractivity contribution in [2.75, 3.05) is 13.1 Å². The topological polar surface area (TPSA) is 96.0 Å². The first-order valence-corrected chi connectivity index (χ1v) is 11.4. The highest BCUT2D eigenvalue weighted by atomic mass is 16.2. The van der Waals surface area contributed by atoms with Gasteiger partial charge in [0.2, 0.25) is 5.91 Å². The quantitative estimate of drug-likeness (QED) is 0.361. The fourth-order valence-electron chi connectivity index (χ4n) is 4.07. The van der Waals surface area contributed by atoms with E-state index in [1.165, 1.54) is 22.9 Å². The molecule has 0 fully saturated rings. The van der Waals surface area contributed by atoms with E-state index in [1.54, 1.807) is 0 Å². The van der Waals surface area contributed by atoms with Gasteiger partial charge in [0, 0.05) is 48.9 Å². The minimum absolute atomic E-state index is 0.267. The van der Waals surface area contributed by atoms with Gasteiger partial charge in [-0.3, -0.25) is 14.4 Å². The second kappa shape index (κ2) is 10.7. The number of carbonyl (C=O) groups is 2. The Morgan fingerprint density at radius 1 is 0.971 bits per heavy atom. The first-order chi connectivity index (χ1) is 16.6. The third kappa shape index (κ3) is 5.26. The standard InChI is InChI=1S/C27H28N4O3/c1-2-28-27(34)24(16-21-17-30-23-11-7-6-10-22(21)23)31-18-20(12-13-25(31)32)26(33)29-15-14-19-8-4-3-5-9-19/h3-13,17-18,24,30H,2,14-16H2,1H3,(H,28,34)(H,29,33)/t24-/m1/s1. The normalized spacial score (nSPS) is 11.8. The van der Waals surface area contributed by atoms with Crippen molar-refractivity contribution in [1.29, 1.82) is 0 Å². The average Bonchev–Trinajstić information content (AvgIpc) is 3.26. The van der Waals surface area contributed by atoms with Crippen molar-refractivity contribution < 1.29 is 9.59 Å². The third-order valence-electron chi connectivity index (χ3n) is 5.82. The van der Waals surface area contributed by atoms with Crippen LogP contribution in [0.4, 0.5) is 0 Å². The average molecular weight is 457 g/mol. The molecule has 0 saturated carbocycles. The third-order valence-corrected chi connectivity index (χ3v) is 5.82. The van der Waals surface area contributed by atoms with Crippen molar-refractivity contribution in [3.05, 3.63) is 106 Å². The number of amides is 2. The lowest BCUT2D eigenvalue weighted by atomic mass is 10.0. The van der Waals surface area contributed by atoms with Crippen molar-refractivity contribution in [3.8, 4) is 0 Å². The first kappa shape index (κ1) is 23.0. The van der Waals surface area contributed by atoms with Crippen LogP contribution < -0.4 is 16.2 Å². The van der Waals surface area contributed by atoms with Crippen LogP contribution in [0.15, 0.2) is 83.9 Å². The molecule has 3 N–H and O–H groups in total. The Morgan fingerprint density at radius 2 is 1.74 bits per heavy atom. The van der Waals surface area contributed by atoms with Crippen LogP contribution in [0.3, 0.4) is 0 Å². The SMILES string of the molecule is CCNC(=O)[C@@H](Cc1c[nH]c2ccccc12)n1cc(C(=O)NCCc2ccccc2)ccc1=O. The Morgan fingerprint density at radius 3 is 2.53 bits per heavy atom. The van der Waals surface area contributed by atoms with Crippen molar-refractivity contribution in [1.82, 2.24) is 20.2 Å². The molecular weight excluding hydrogens is 428 g/mol. The van der Waals surface area contributed by atoms with Gasteiger partial charge in [0.05, 0.1) is 5.56 Å². The van der Waals surface area contributed by atoms with Gasteiger partial charge in [0.15, 0.2) is 0 Å². The van der Waals surface area contributed by atoms with E-state index in [2.05, 4.69) is 15.6 Å².